The largest absolute Gasteiger partial charge is 0.330 e. The number of aromatic nitrogens is 2. The van der Waals surface area contributed by atoms with Crippen LogP contribution in [0.25, 0.3) is 0 Å². The summed E-state index contributed by atoms with van der Waals surface area (Å²) in [7, 11) is -3.11. The lowest BCUT2D eigenvalue weighted by Crippen LogP contribution is -2.29. The molecule has 0 aromatic carbocycles. The van der Waals surface area contributed by atoms with Gasteiger partial charge in [-0.05, 0) is 20.3 Å². The highest BCUT2D eigenvalue weighted by atomic mass is 35.5. The molecular formula is C11H18ClN2O5P. The van der Waals surface area contributed by atoms with Crippen LogP contribution in [0.5, 0.6) is 0 Å². The lowest BCUT2D eigenvalue weighted by Gasteiger charge is -2.16. The van der Waals surface area contributed by atoms with E-state index in [2.05, 4.69) is 4.98 Å². The van der Waals surface area contributed by atoms with Crippen molar-refractivity contribution in [2.45, 2.75) is 26.8 Å². The second-order valence-corrected chi connectivity index (χ2v) is 6.55. The SMILES string of the molecule is CCOP(=O)(CCCn1cc(Cl)c(=O)[nH]c1=O)OCC. The van der Waals surface area contributed by atoms with E-state index in [1.807, 2.05) is 0 Å². The van der Waals surface area contributed by atoms with Gasteiger partial charge in [0.15, 0.2) is 0 Å². The predicted molar refractivity (Wildman–Crippen MR) is 76.7 cm³/mol. The summed E-state index contributed by atoms with van der Waals surface area (Å²) in [5, 5.41) is -0.0672. The van der Waals surface area contributed by atoms with E-state index < -0.39 is 18.8 Å². The lowest BCUT2D eigenvalue weighted by atomic mass is 10.4. The molecule has 9 heteroatoms. The summed E-state index contributed by atoms with van der Waals surface area (Å²) in [6, 6.07) is 0. The van der Waals surface area contributed by atoms with Crippen molar-refractivity contribution in [1.82, 2.24) is 9.55 Å². The molecule has 0 aliphatic carbocycles. The van der Waals surface area contributed by atoms with Gasteiger partial charge in [-0.2, -0.15) is 0 Å². The van der Waals surface area contributed by atoms with Crippen molar-refractivity contribution in [1.29, 1.82) is 0 Å². The van der Waals surface area contributed by atoms with Crippen LogP contribution in [0.4, 0.5) is 0 Å². The zero-order valence-corrected chi connectivity index (χ0v) is 13.1. The Morgan fingerprint density at radius 1 is 1.30 bits per heavy atom. The monoisotopic (exact) mass is 324 g/mol. The minimum atomic E-state index is -3.11. The summed E-state index contributed by atoms with van der Waals surface area (Å²) < 4.78 is 23.7. The van der Waals surface area contributed by atoms with Gasteiger partial charge in [0, 0.05) is 12.7 Å². The van der Waals surface area contributed by atoms with Crippen molar-refractivity contribution in [3.05, 3.63) is 32.1 Å². The summed E-state index contributed by atoms with van der Waals surface area (Å²) in [5.74, 6) is 0. The third-order valence-corrected chi connectivity index (χ3v) is 4.89. The highest BCUT2D eigenvalue weighted by molar-refractivity contribution is 7.53. The summed E-state index contributed by atoms with van der Waals surface area (Å²) in [6.07, 6.45) is 1.85. The number of aromatic amines is 1. The fourth-order valence-electron chi connectivity index (χ4n) is 1.64. The molecule has 0 unspecified atom stereocenters. The van der Waals surface area contributed by atoms with Gasteiger partial charge in [-0.15, -0.1) is 0 Å². The minimum Gasteiger partial charge on any atom is -0.309 e. The topological polar surface area (TPSA) is 90.4 Å². The molecule has 0 fully saturated rings. The number of halogens is 1. The Labute approximate surface area is 121 Å². The zero-order valence-electron chi connectivity index (χ0n) is 11.4. The van der Waals surface area contributed by atoms with E-state index in [0.717, 1.165) is 0 Å². The molecule has 0 amide bonds. The molecular weight excluding hydrogens is 307 g/mol. The Morgan fingerprint density at radius 3 is 2.45 bits per heavy atom. The average Bonchev–Trinajstić information content (AvgIpc) is 2.36. The molecule has 20 heavy (non-hydrogen) atoms. The predicted octanol–water partition coefficient (Wildman–Crippen LogP) is 1.85. The second kappa shape index (κ2) is 7.78. The van der Waals surface area contributed by atoms with Crippen LogP contribution in [-0.2, 0) is 20.2 Å². The third-order valence-electron chi connectivity index (χ3n) is 2.45. The molecule has 1 aromatic rings. The van der Waals surface area contributed by atoms with Crippen molar-refractivity contribution >= 4 is 19.2 Å². The zero-order chi connectivity index (χ0) is 15.2. The van der Waals surface area contributed by atoms with Crippen LogP contribution >= 0.6 is 19.2 Å². The van der Waals surface area contributed by atoms with Crippen molar-refractivity contribution in [3.63, 3.8) is 0 Å². The number of aryl methyl sites for hydroxylation is 1. The van der Waals surface area contributed by atoms with Gasteiger partial charge in [0.05, 0.1) is 19.4 Å². The number of rotatable bonds is 8. The number of H-pyrrole nitrogens is 1. The van der Waals surface area contributed by atoms with Crippen molar-refractivity contribution < 1.29 is 13.6 Å². The van der Waals surface area contributed by atoms with Crippen LogP contribution in [0.1, 0.15) is 20.3 Å². The Kier molecular flexibility index (Phi) is 6.68. The maximum Gasteiger partial charge on any atom is 0.330 e. The Balaban J connectivity index is 2.68. The molecule has 0 aliphatic rings. The van der Waals surface area contributed by atoms with Crippen LogP contribution in [0.3, 0.4) is 0 Å². The fourth-order valence-corrected chi connectivity index (χ4v) is 3.46. The molecule has 1 rings (SSSR count). The van der Waals surface area contributed by atoms with Gasteiger partial charge in [-0.25, -0.2) is 4.79 Å². The van der Waals surface area contributed by atoms with E-state index in [4.69, 9.17) is 20.6 Å². The first kappa shape index (κ1) is 17.2. The molecule has 0 saturated heterocycles. The Bertz CT molecular complexity index is 587. The summed E-state index contributed by atoms with van der Waals surface area (Å²) in [4.78, 5) is 24.7. The van der Waals surface area contributed by atoms with Crippen LogP contribution in [0, 0.1) is 0 Å². The highest BCUT2D eigenvalue weighted by Gasteiger charge is 2.22. The first-order valence-corrected chi connectivity index (χ1v) is 8.40. The third kappa shape index (κ3) is 4.90. The van der Waals surface area contributed by atoms with Crippen molar-refractivity contribution in [2.75, 3.05) is 19.4 Å². The normalized spacial score (nSPS) is 11.8. The summed E-state index contributed by atoms with van der Waals surface area (Å²) >= 11 is 5.65. The van der Waals surface area contributed by atoms with Gasteiger partial charge in [0.1, 0.15) is 5.02 Å². The van der Waals surface area contributed by atoms with Crippen molar-refractivity contribution in [2.24, 2.45) is 0 Å². The van der Waals surface area contributed by atoms with E-state index in [0.29, 0.717) is 19.6 Å². The molecule has 7 nitrogen and oxygen atoms in total. The molecule has 114 valence electrons. The standard InChI is InChI=1S/C11H18ClN2O5P/c1-3-18-20(17,19-4-2)7-5-6-14-8-9(12)10(15)13-11(14)16/h8H,3-7H2,1-2H3,(H,13,15,16). The highest BCUT2D eigenvalue weighted by Crippen LogP contribution is 2.48. The molecule has 0 atom stereocenters. The maximum absolute atomic E-state index is 12.2. The first-order chi connectivity index (χ1) is 9.41. The van der Waals surface area contributed by atoms with Crippen LogP contribution < -0.4 is 11.2 Å². The quantitative estimate of drug-likeness (QED) is 0.737. The van der Waals surface area contributed by atoms with E-state index in [-0.39, 0.29) is 17.7 Å². The van der Waals surface area contributed by atoms with Gasteiger partial charge in [-0.1, -0.05) is 11.6 Å². The minimum absolute atomic E-state index is 0.0672. The Morgan fingerprint density at radius 2 is 1.90 bits per heavy atom. The van der Waals surface area contributed by atoms with Gasteiger partial charge in [-0.3, -0.25) is 18.9 Å². The van der Waals surface area contributed by atoms with E-state index in [1.165, 1.54) is 10.8 Å². The number of hydrogen-bond donors (Lipinski definition) is 1. The maximum atomic E-state index is 12.2. The molecule has 1 heterocycles. The molecule has 0 bridgehead atoms. The summed E-state index contributed by atoms with van der Waals surface area (Å²) in [5.41, 5.74) is -1.18. The van der Waals surface area contributed by atoms with Gasteiger partial charge in [0.25, 0.3) is 5.56 Å². The molecule has 0 radical (unpaired) electrons. The first-order valence-electron chi connectivity index (χ1n) is 6.29. The molecule has 1 N–H and O–H groups in total. The van der Waals surface area contributed by atoms with E-state index in [1.54, 1.807) is 13.8 Å². The molecule has 0 aliphatic heterocycles. The van der Waals surface area contributed by atoms with Crippen molar-refractivity contribution in [3.8, 4) is 0 Å². The Hall–Kier alpha value is -0.880. The van der Waals surface area contributed by atoms with Crippen LogP contribution in [0.15, 0.2) is 15.8 Å². The van der Waals surface area contributed by atoms with Crippen LogP contribution in [0.2, 0.25) is 5.02 Å². The number of hydrogen-bond acceptors (Lipinski definition) is 5. The van der Waals surface area contributed by atoms with E-state index in [9.17, 15) is 14.2 Å². The van der Waals surface area contributed by atoms with Gasteiger partial charge in [0.2, 0.25) is 0 Å². The average molecular weight is 325 g/mol. The molecule has 1 aromatic heterocycles. The van der Waals surface area contributed by atoms with Crippen LogP contribution in [-0.4, -0.2) is 28.9 Å². The number of nitrogens with zero attached hydrogens (tertiary/aromatic N) is 1. The summed E-state index contributed by atoms with van der Waals surface area (Å²) in [6.45, 7) is 4.32. The lowest BCUT2D eigenvalue weighted by molar-refractivity contribution is 0.219. The molecule has 0 saturated carbocycles. The second-order valence-electron chi connectivity index (χ2n) is 3.95. The smallest absolute Gasteiger partial charge is 0.309 e. The number of nitrogens with one attached hydrogen (secondary N) is 1. The van der Waals surface area contributed by atoms with Gasteiger partial charge >= 0.3 is 13.3 Å². The molecule has 0 spiro atoms. The fraction of sp³-hybridized carbons (Fsp3) is 0.636. The van der Waals surface area contributed by atoms with E-state index >= 15 is 0 Å². The van der Waals surface area contributed by atoms with Gasteiger partial charge < -0.3 is 9.05 Å².